The van der Waals surface area contributed by atoms with Crippen molar-refractivity contribution in [3.63, 3.8) is 0 Å². The largest absolute Gasteiger partial charge is 0.308 e. The van der Waals surface area contributed by atoms with Crippen LogP contribution in [0.15, 0.2) is 158 Å². The second kappa shape index (κ2) is 11.9. The summed E-state index contributed by atoms with van der Waals surface area (Å²) in [6, 6.07) is 60.5. The Balaban J connectivity index is 1.17. The molecule has 9 aromatic rings. The number of nitriles is 3. The van der Waals surface area contributed by atoms with Gasteiger partial charge in [0, 0.05) is 10.8 Å². The van der Waals surface area contributed by atoms with E-state index >= 15 is 0 Å². The molecule has 51 heavy (non-hydrogen) atoms. The van der Waals surface area contributed by atoms with Gasteiger partial charge in [-0.2, -0.15) is 15.8 Å². The van der Waals surface area contributed by atoms with Gasteiger partial charge in [-0.3, -0.25) is 0 Å². The number of nitrogens with zero attached hydrogens (tertiary/aromatic N) is 4. The molecule has 0 saturated carbocycles. The van der Waals surface area contributed by atoms with Crippen molar-refractivity contribution in [3.8, 4) is 57.3 Å². The molecular weight excluding hydrogens is 621 g/mol. The molecule has 8 aromatic carbocycles. The summed E-state index contributed by atoms with van der Waals surface area (Å²) in [6.45, 7) is 0. The van der Waals surface area contributed by atoms with Crippen LogP contribution in [0.25, 0.3) is 82.4 Å². The van der Waals surface area contributed by atoms with Crippen LogP contribution in [-0.4, -0.2) is 4.57 Å². The zero-order valence-corrected chi connectivity index (χ0v) is 27.3. The van der Waals surface area contributed by atoms with E-state index in [9.17, 15) is 15.8 Å². The minimum absolute atomic E-state index is 0.526. The quantitative estimate of drug-likeness (QED) is 0.179. The first-order chi connectivity index (χ1) is 25.2. The number of rotatable bonds is 4. The molecule has 0 aliphatic rings. The first kappa shape index (κ1) is 29.7. The van der Waals surface area contributed by atoms with Gasteiger partial charge in [0.25, 0.3) is 0 Å². The Morgan fingerprint density at radius 2 is 0.804 bits per heavy atom. The van der Waals surface area contributed by atoms with E-state index in [-0.39, 0.29) is 0 Å². The smallest absolute Gasteiger partial charge is 0.101 e. The number of aromatic nitrogens is 1. The van der Waals surface area contributed by atoms with Crippen LogP contribution in [0.5, 0.6) is 0 Å². The molecule has 0 bridgehead atoms. The van der Waals surface area contributed by atoms with Crippen molar-refractivity contribution in [2.75, 3.05) is 0 Å². The molecule has 0 fully saturated rings. The average molecular weight is 647 g/mol. The van der Waals surface area contributed by atoms with E-state index < -0.39 is 0 Å². The highest BCUT2D eigenvalue weighted by atomic mass is 15.0. The van der Waals surface area contributed by atoms with E-state index in [2.05, 4.69) is 127 Å². The number of hydrogen-bond acceptors (Lipinski definition) is 3. The summed E-state index contributed by atoms with van der Waals surface area (Å²) in [5.41, 5.74) is 10.8. The molecule has 0 N–H and O–H groups in total. The first-order valence-electron chi connectivity index (χ1n) is 16.7. The van der Waals surface area contributed by atoms with Crippen LogP contribution in [0.3, 0.4) is 0 Å². The van der Waals surface area contributed by atoms with E-state index in [4.69, 9.17) is 0 Å². The maximum Gasteiger partial charge on any atom is 0.101 e. The van der Waals surface area contributed by atoms with E-state index in [1.807, 2.05) is 41.0 Å². The number of benzene rings is 8. The van der Waals surface area contributed by atoms with Crippen LogP contribution >= 0.6 is 0 Å². The van der Waals surface area contributed by atoms with Crippen LogP contribution in [0.4, 0.5) is 0 Å². The lowest BCUT2D eigenvalue weighted by Gasteiger charge is -2.18. The lowest BCUT2D eigenvalue weighted by Crippen LogP contribution is -1.98. The average Bonchev–Trinajstić information content (AvgIpc) is 3.52. The van der Waals surface area contributed by atoms with Crippen molar-refractivity contribution in [3.05, 3.63) is 174 Å². The van der Waals surface area contributed by atoms with Crippen molar-refractivity contribution in [2.45, 2.75) is 0 Å². The molecule has 0 unspecified atom stereocenters. The highest BCUT2D eigenvalue weighted by Crippen LogP contribution is 2.44. The minimum atomic E-state index is 0.526. The van der Waals surface area contributed by atoms with Gasteiger partial charge >= 0.3 is 0 Å². The van der Waals surface area contributed by atoms with Gasteiger partial charge in [0.1, 0.15) is 6.07 Å². The zero-order valence-electron chi connectivity index (χ0n) is 27.3. The second-order valence-corrected chi connectivity index (χ2v) is 12.7. The Labute approximate surface area is 294 Å². The third kappa shape index (κ3) is 4.74. The van der Waals surface area contributed by atoms with Crippen LogP contribution < -0.4 is 0 Å². The van der Waals surface area contributed by atoms with Gasteiger partial charge in [0.2, 0.25) is 0 Å². The standard InChI is InChI=1S/C47H26N4/c48-27-30-14-21-44-41(24-30)42-25-31(28-49)15-22-45(42)51(44)43-23-20-35(26-36(43)29-50)32-16-18-34(19-17-32)47-39-12-6-4-10-37(39)46(33-8-2-1-3-9-33)38-11-5-7-13-40(38)47/h1-26H. The summed E-state index contributed by atoms with van der Waals surface area (Å²) < 4.78 is 2.05. The molecule has 1 heterocycles. The normalized spacial score (nSPS) is 11.1. The summed E-state index contributed by atoms with van der Waals surface area (Å²) in [7, 11) is 0. The number of fused-ring (bicyclic) bond motifs is 5. The molecule has 0 radical (unpaired) electrons. The molecule has 1 aromatic heterocycles. The van der Waals surface area contributed by atoms with E-state index in [0.717, 1.165) is 44.2 Å². The van der Waals surface area contributed by atoms with Crippen molar-refractivity contribution in [1.29, 1.82) is 15.8 Å². The summed E-state index contributed by atoms with van der Waals surface area (Å²) >= 11 is 0. The Morgan fingerprint density at radius 1 is 0.353 bits per heavy atom. The van der Waals surface area contributed by atoms with Crippen molar-refractivity contribution in [1.82, 2.24) is 4.57 Å². The van der Waals surface area contributed by atoms with Crippen LogP contribution in [0.2, 0.25) is 0 Å². The van der Waals surface area contributed by atoms with Crippen LogP contribution in [0, 0.1) is 34.0 Å². The predicted octanol–water partition coefficient (Wildman–Crippen LogP) is 11.7. The van der Waals surface area contributed by atoms with Crippen molar-refractivity contribution < 1.29 is 0 Å². The summed E-state index contributed by atoms with van der Waals surface area (Å²) in [5, 5.41) is 36.2. The fourth-order valence-electron chi connectivity index (χ4n) is 7.61. The molecule has 234 valence electrons. The van der Waals surface area contributed by atoms with Crippen LogP contribution in [-0.2, 0) is 0 Å². The maximum atomic E-state index is 10.4. The van der Waals surface area contributed by atoms with Crippen molar-refractivity contribution >= 4 is 43.4 Å². The summed E-state index contributed by atoms with van der Waals surface area (Å²) in [6.07, 6.45) is 0. The van der Waals surface area contributed by atoms with Gasteiger partial charge in [0.15, 0.2) is 0 Å². The topological polar surface area (TPSA) is 76.3 Å². The van der Waals surface area contributed by atoms with Crippen molar-refractivity contribution in [2.24, 2.45) is 0 Å². The predicted molar refractivity (Wildman–Crippen MR) is 206 cm³/mol. The highest BCUT2D eigenvalue weighted by molar-refractivity contribution is 6.21. The molecule has 9 rings (SSSR count). The Kier molecular flexibility index (Phi) is 6.93. The summed E-state index contributed by atoms with van der Waals surface area (Å²) in [5.74, 6) is 0. The Morgan fingerprint density at radius 3 is 1.29 bits per heavy atom. The van der Waals surface area contributed by atoms with Crippen LogP contribution in [0.1, 0.15) is 16.7 Å². The Hall–Kier alpha value is -7.45. The van der Waals surface area contributed by atoms with E-state index in [0.29, 0.717) is 16.7 Å². The first-order valence-corrected chi connectivity index (χ1v) is 16.7. The molecular formula is C47H26N4. The molecule has 0 aliphatic carbocycles. The molecule has 0 saturated heterocycles. The van der Waals surface area contributed by atoms with Gasteiger partial charge in [-0.25, -0.2) is 0 Å². The molecule has 4 heteroatoms. The lowest BCUT2D eigenvalue weighted by atomic mass is 9.85. The van der Waals surface area contributed by atoms with Gasteiger partial charge in [-0.05, 0) is 103 Å². The monoisotopic (exact) mass is 646 g/mol. The van der Waals surface area contributed by atoms with Gasteiger partial charge in [-0.1, -0.05) is 109 Å². The lowest BCUT2D eigenvalue weighted by molar-refractivity contribution is 1.17. The Bertz CT molecular complexity index is 2860. The van der Waals surface area contributed by atoms with Gasteiger partial charge in [-0.15, -0.1) is 0 Å². The molecule has 0 aliphatic heterocycles. The van der Waals surface area contributed by atoms with Gasteiger partial charge < -0.3 is 4.57 Å². The third-order valence-corrected chi connectivity index (χ3v) is 9.88. The number of hydrogen-bond donors (Lipinski definition) is 0. The van der Waals surface area contributed by atoms with E-state index in [1.54, 1.807) is 12.1 Å². The minimum Gasteiger partial charge on any atom is -0.308 e. The maximum absolute atomic E-state index is 10.4. The summed E-state index contributed by atoms with van der Waals surface area (Å²) in [4.78, 5) is 0. The zero-order chi connectivity index (χ0) is 34.5. The highest BCUT2D eigenvalue weighted by Gasteiger charge is 2.18. The second-order valence-electron chi connectivity index (χ2n) is 12.7. The molecule has 4 nitrogen and oxygen atoms in total. The SMILES string of the molecule is N#Cc1ccc2c(c1)c1cc(C#N)ccc1n2-c1ccc(-c2ccc(-c3c4ccccc4c(-c4ccccc4)c4ccccc34)cc2)cc1C#N. The van der Waals surface area contributed by atoms with Gasteiger partial charge in [0.05, 0.1) is 45.5 Å². The molecule has 0 spiro atoms. The molecule has 0 amide bonds. The third-order valence-electron chi connectivity index (χ3n) is 9.88. The molecule has 0 atom stereocenters. The van der Waals surface area contributed by atoms with E-state index in [1.165, 1.54) is 38.2 Å². The fourth-order valence-corrected chi connectivity index (χ4v) is 7.61. The fraction of sp³-hybridized carbons (Fsp3) is 0.